The standard InChI is InChI=1S/C22H20O4/c1-12-9-18-19(10-13(12)2)26-20-11-14(23)7-8-17(20)21(18)15-5-3-4-6-16(15)22(24)25/h3-11,17,20-21,23H,1-2H3,(H,24,25). The van der Waals surface area contributed by atoms with E-state index in [1.807, 2.05) is 38.1 Å². The lowest BCUT2D eigenvalue weighted by Crippen LogP contribution is -2.36. The minimum atomic E-state index is -0.938. The molecule has 0 radical (unpaired) electrons. The molecule has 0 aromatic heterocycles. The van der Waals surface area contributed by atoms with Crippen molar-refractivity contribution in [1.29, 1.82) is 0 Å². The number of benzene rings is 2. The highest BCUT2D eigenvalue weighted by Crippen LogP contribution is 2.47. The van der Waals surface area contributed by atoms with Gasteiger partial charge in [-0.2, -0.15) is 0 Å². The summed E-state index contributed by atoms with van der Waals surface area (Å²) in [7, 11) is 0. The molecule has 0 saturated carbocycles. The molecule has 2 aromatic rings. The van der Waals surface area contributed by atoms with Crippen molar-refractivity contribution in [2.75, 3.05) is 0 Å². The maximum atomic E-state index is 11.8. The molecule has 4 rings (SSSR count). The third-order valence-corrected chi connectivity index (χ3v) is 5.34. The summed E-state index contributed by atoms with van der Waals surface area (Å²) in [5.41, 5.74) is 4.31. The first-order valence-electron chi connectivity index (χ1n) is 8.64. The number of hydrogen-bond acceptors (Lipinski definition) is 3. The van der Waals surface area contributed by atoms with Crippen LogP contribution in [0, 0.1) is 19.8 Å². The van der Waals surface area contributed by atoms with Gasteiger partial charge in [-0.1, -0.05) is 30.3 Å². The molecule has 3 unspecified atom stereocenters. The molecule has 2 aliphatic rings. The van der Waals surface area contributed by atoms with Gasteiger partial charge in [-0.05, 0) is 54.8 Å². The molecule has 0 saturated heterocycles. The van der Waals surface area contributed by atoms with Gasteiger partial charge in [-0.15, -0.1) is 0 Å². The Labute approximate surface area is 152 Å². The highest BCUT2D eigenvalue weighted by molar-refractivity contribution is 5.90. The normalized spacial score (nSPS) is 23.5. The second kappa shape index (κ2) is 6.06. The van der Waals surface area contributed by atoms with Crippen molar-refractivity contribution in [3.63, 3.8) is 0 Å². The third kappa shape index (κ3) is 2.58. The molecule has 4 nitrogen and oxygen atoms in total. The van der Waals surface area contributed by atoms with Crippen LogP contribution in [0.15, 0.2) is 60.4 Å². The predicted molar refractivity (Wildman–Crippen MR) is 98.9 cm³/mol. The van der Waals surface area contributed by atoms with Gasteiger partial charge in [0, 0.05) is 17.4 Å². The maximum absolute atomic E-state index is 11.8. The Bertz CT molecular complexity index is 955. The van der Waals surface area contributed by atoms with Crippen LogP contribution in [-0.2, 0) is 0 Å². The topological polar surface area (TPSA) is 66.8 Å². The van der Waals surface area contributed by atoms with E-state index in [0.29, 0.717) is 5.56 Å². The Morgan fingerprint density at radius 3 is 2.58 bits per heavy atom. The molecule has 2 aromatic carbocycles. The van der Waals surface area contributed by atoms with Crippen LogP contribution in [0.4, 0.5) is 0 Å². The molecule has 0 bridgehead atoms. The zero-order valence-corrected chi connectivity index (χ0v) is 14.6. The fraction of sp³-hybridized carbons (Fsp3) is 0.227. The first-order valence-corrected chi connectivity index (χ1v) is 8.64. The van der Waals surface area contributed by atoms with Gasteiger partial charge in [0.2, 0.25) is 0 Å². The quantitative estimate of drug-likeness (QED) is 0.837. The van der Waals surface area contributed by atoms with Gasteiger partial charge in [-0.3, -0.25) is 0 Å². The molecule has 4 heteroatoms. The van der Waals surface area contributed by atoms with Crippen LogP contribution in [0.3, 0.4) is 0 Å². The second-order valence-corrected chi connectivity index (χ2v) is 6.95. The van der Waals surface area contributed by atoms with Crippen molar-refractivity contribution < 1.29 is 19.7 Å². The Kier molecular flexibility index (Phi) is 3.83. The Hall–Kier alpha value is -3.01. The number of rotatable bonds is 2. The van der Waals surface area contributed by atoms with Crippen molar-refractivity contribution in [2.24, 2.45) is 5.92 Å². The van der Waals surface area contributed by atoms with Crippen LogP contribution in [0.1, 0.15) is 38.5 Å². The molecule has 0 amide bonds. The maximum Gasteiger partial charge on any atom is 0.335 e. The average molecular weight is 348 g/mol. The number of fused-ring (bicyclic) bond motifs is 2. The van der Waals surface area contributed by atoms with Crippen molar-refractivity contribution in [2.45, 2.75) is 25.9 Å². The monoisotopic (exact) mass is 348 g/mol. The van der Waals surface area contributed by atoms with Gasteiger partial charge >= 0.3 is 5.97 Å². The number of aliphatic hydroxyl groups is 1. The summed E-state index contributed by atoms with van der Waals surface area (Å²) in [5.74, 6) is -0.258. The van der Waals surface area contributed by atoms with Gasteiger partial charge in [0.05, 0.1) is 5.56 Å². The van der Waals surface area contributed by atoms with Crippen LogP contribution in [0.25, 0.3) is 0 Å². The summed E-state index contributed by atoms with van der Waals surface area (Å²) < 4.78 is 6.16. The molecule has 3 atom stereocenters. The first kappa shape index (κ1) is 16.5. The van der Waals surface area contributed by atoms with Crippen LogP contribution in [0.5, 0.6) is 5.75 Å². The zero-order chi connectivity index (χ0) is 18.4. The van der Waals surface area contributed by atoms with Gasteiger partial charge in [0.25, 0.3) is 0 Å². The van der Waals surface area contributed by atoms with E-state index in [4.69, 9.17) is 4.74 Å². The number of aromatic carboxylic acids is 1. The number of carbonyl (C=O) groups is 1. The van der Waals surface area contributed by atoms with Gasteiger partial charge in [-0.25, -0.2) is 4.79 Å². The molecular formula is C22H20O4. The van der Waals surface area contributed by atoms with Crippen molar-refractivity contribution in [1.82, 2.24) is 0 Å². The van der Waals surface area contributed by atoms with Gasteiger partial charge < -0.3 is 14.9 Å². The highest BCUT2D eigenvalue weighted by Gasteiger charge is 2.40. The lowest BCUT2D eigenvalue weighted by Gasteiger charge is -2.39. The van der Waals surface area contributed by atoms with E-state index in [-0.39, 0.29) is 23.7 Å². The Balaban J connectivity index is 1.96. The number of aryl methyl sites for hydroxylation is 2. The van der Waals surface area contributed by atoms with Crippen LogP contribution in [0.2, 0.25) is 0 Å². The van der Waals surface area contributed by atoms with E-state index < -0.39 is 5.97 Å². The summed E-state index contributed by atoms with van der Waals surface area (Å²) in [5, 5.41) is 19.6. The third-order valence-electron chi connectivity index (χ3n) is 5.34. The number of hydrogen-bond donors (Lipinski definition) is 2. The van der Waals surface area contributed by atoms with E-state index in [9.17, 15) is 15.0 Å². The Morgan fingerprint density at radius 1 is 1.08 bits per heavy atom. The van der Waals surface area contributed by atoms with Crippen LogP contribution in [-0.4, -0.2) is 22.3 Å². The van der Waals surface area contributed by atoms with Gasteiger partial charge in [0.1, 0.15) is 17.6 Å². The fourth-order valence-corrected chi connectivity index (χ4v) is 3.92. The summed E-state index contributed by atoms with van der Waals surface area (Å²) >= 11 is 0. The largest absolute Gasteiger partial charge is 0.508 e. The SMILES string of the molecule is Cc1cc2c(cc1C)C(c1ccccc1C(=O)O)C1C=CC(O)=CC1O2. The van der Waals surface area contributed by atoms with Crippen molar-refractivity contribution >= 4 is 5.97 Å². The lowest BCUT2D eigenvalue weighted by atomic mass is 9.72. The van der Waals surface area contributed by atoms with E-state index in [0.717, 1.165) is 28.0 Å². The average Bonchev–Trinajstić information content (AvgIpc) is 2.61. The number of allylic oxidation sites excluding steroid dienone is 1. The number of ether oxygens (including phenoxy) is 1. The van der Waals surface area contributed by atoms with E-state index >= 15 is 0 Å². The fourth-order valence-electron chi connectivity index (χ4n) is 3.92. The number of carboxylic acid groups (broad SMARTS) is 1. The molecule has 1 aliphatic heterocycles. The minimum Gasteiger partial charge on any atom is -0.508 e. The number of carboxylic acids is 1. The summed E-state index contributed by atoms with van der Waals surface area (Å²) in [4.78, 5) is 11.8. The molecule has 132 valence electrons. The summed E-state index contributed by atoms with van der Waals surface area (Å²) in [6.07, 6.45) is 4.94. The van der Waals surface area contributed by atoms with Crippen LogP contribution >= 0.6 is 0 Å². The summed E-state index contributed by atoms with van der Waals surface area (Å²) in [6, 6.07) is 11.2. The van der Waals surface area contributed by atoms with E-state index in [2.05, 4.69) is 6.07 Å². The van der Waals surface area contributed by atoms with Gasteiger partial charge in [0.15, 0.2) is 0 Å². The highest BCUT2D eigenvalue weighted by atomic mass is 16.5. The molecular weight excluding hydrogens is 328 g/mol. The van der Waals surface area contributed by atoms with Crippen LogP contribution < -0.4 is 4.74 Å². The molecule has 1 aliphatic carbocycles. The smallest absolute Gasteiger partial charge is 0.335 e. The van der Waals surface area contributed by atoms with Crippen molar-refractivity contribution in [3.05, 3.63) is 88.2 Å². The zero-order valence-electron chi connectivity index (χ0n) is 14.6. The van der Waals surface area contributed by atoms with E-state index in [1.54, 1.807) is 24.3 Å². The number of aliphatic hydroxyl groups excluding tert-OH is 1. The predicted octanol–water partition coefficient (Wildman–Crippen LogP) is 4.52. The minimum absolute atomic E-state index is 0.0824. The summed E-state index contributed by atoms with van der Waals surface area (Å²) in [6.45, 7) is 4.07. The molecule has 0 fully saturated rings. The molecule has 26 heavy (non-hydrogen) atoms. The molecule has 1 heterocycles. The first-order chi connectivity index (χ1) is 12.5. The molecule has 0 spiro atoms. The van der Waals surface area contributed by atoms with E-state index in [1.165, 1.54) is 0 Å². The second-order valence-electron chi connectivity index (χ2n) is 6.95. The van der Waals surface area contributed by atoms with Crippen molar-refractivity contribution in [3.8, 4) is 5.75 Å². The Morgan fingerprint density at radius 2 is 1.81 bits per heavy atom. The lowest BCUT2D eigenvalue weighted by molar-refractivity contribution is 0.0693. The molecule has 2 N–H and O–H groups in total.